The van der Waals surface area contributed by atoms with Crippen LogP contribution >= 0.6 is 0 Å². The summed E-state index contributed by atoms with van der Waals surface area (Å²) in [7, 11) is 5.48. The van der Waals surface area contributed by atoms with Crippen LogP contribution in [0.4, 0.5) is 5.69 Å². The van der Waals surface area contributed by atoms with E-state index >= 15 is 0 Å². The van der Waals surface area contributed by atoms with E-state index in [1.807, 2.05) is 0 Å². The van der Waals surface area contributed by atoms with Gasteiger partial charge in [0.15, 0.2) is 0 Å². The van der Waals surface area contributed by atoms with Crippen LogP contribution < -0.4 is 10.8 Å². The number of hydrogen-bond acceptors (Lipinski definition) is 2. The first-order valence-electron chi connectivity index (χ1n) is 4.85. The average Bonchev–Trinajstić information content (AvgIpc) is 2.20. The second-order valence-corrected chi connectivity index (χ2v) is 3.75. The molecule has 0 saturated carbocycles. The molecule has 0 saturated heterocycles. The maximum Gasteiger partial charge on any atom is 0.337 e. The lowest BCUT2D eigenvalue weighted by molar-refractivity contribution is -0.118. The number of carboxylic acids is 1. The molecular weight excluding hydrogens is 205 g/mol. The van der Waals surface area contributed by atoms with Crippen LogP contribution in [0, 0.1) is 5.92 Å². The Bertz CT molecular complexity index is 429. The van der Waals surface area contributed by atoms with Gasteiger partial charge >= 0.3 is 5.97 Å². The largest absolute Gasteiger partial charge is 0.478 e. The van der Waals surface area contributed by atoms with Crippen molar-refractivity contribution >= 4 is 30.9 Å². The lowest BCUT2D eigenvalue weighted by atomic mass is 9.93. The lowest BCUT2D eigenvalue weighted by Crippen LogP contribution is -2.20. The molecule has 0 aliphatic heterocycles. The molecule has 5 heteroatoms. The van der Waals surface area contributed by atoms with E-state index < -0.39 is 5.97 Å². The van der Waals surface area contributed by atoms with E-state index in [9.17, 15) is 9.59 Å². The highest BCUT2D eigenvalue weighted by atomic mass is 16.4. The summed E-state index contributed by atoms with van der Waals surface area (Å²) in [6.07, 6.45) is 0. The van der Waals surface area contributed by atoms with Crippen LogP contribution in [-0.2, 0) is 4.79 Å². The maximum absolute atomic E-state index is 11.4. The molecule has 0 fully saturated rings. The summed E-state index contributed by atoms with van der Waals surface area (Å²) < 4.78 is 0. The molecule has 0 heterocycles. The normalized spacial score (nSPS) is 10.2. The second-order valence-electron chi connectivity index (χ2n) is 3.75. The Morgan fingerprint density at radius 2 is 2.00 bits per heavy atom. The number of carbonyl (C=O) groups is 2. The first-order valence-corrected chi connectivity index (χ1v) is 4.85. The summed E-state index contributed by atoms with van der Waals surface area (Å²) in [6.45, 7) is 3.46. The number of rotatable bonds is 3. The minimum Gasteiger partial charge on any atom is -0.478 e. The van der Waals surface area contributed by atoms with E-state index in [1.165, 1.54) is 12.1 Å². The first-order chi connectivity index (χ1) is 7.41. The molecule has 16 heavy (non-hydrogen) atoms. The summed E-state index contributed by atoms with van der Waals surface area (Å²) in [6, 6.07) is 4.35. The third-order valence-electron chi connectivity index (χ3n) is 2.06. The molecule has 1 aromatic rings. The molecule has 0 unspecified atom stereocenters. The highest BCUT2D eigenvalue weighted by molar-refractivity contribution is 6.33. The first kappa shape index (κ1) is 12.3. The number of carbonyl (C=O) groups excluding carboxylic acids is 1. The third-order valence-corrected chi connectivity index (χ3v) is 2.06. The van der Waals surface area contributed by atoms with Crippen molar-refractivity contribution in [2.45, 2.75) is 13.8 Å². The quantitative estimate of drug-likeness (QED) is 0.735. The minimum atomic E-state index is -1.12. The Morgan fingerprint density at radius 3 is 2.50 bits per heavy atom. The van der Waals surface area contributed by atoms with E-state index in [0.29, 0.717) is 5.46 Å². The van der Waals surface area contributed by atoms with E-state index in [2.05, 4.69) is 5.32 Å². The number of amides is 1. The predicted octanol–water partition coefficient (Wildman–Crippen LogP) is 0.773. The number of benzene rings is 1. The van der Waals surface area contributed by atoms with Crippen molar-refractivity contribution in [2.75, 3.05) is 5.32 Å². The standard InChI is InChI=1S/C11H12BNO3/c1-6(2)10(14)13-9-4-3-7(12)5-8(9)11(15)16/h3-6H,1-2H3,(H,13,14)(H,15,16). The van der Waals surface area contributed by atoms with Gasteiger partial charge in [-0.1, -0.05) is 31.4 Å². The zero-order chi connectivity index (χ0) is 12.3. The van der Waals surface area contributed by atoms with Crippen molar-refractivity contribution in [1.29, 1.82) is 0 Å². The van der Waals surface area contributed by atoms with Gasteiger partial charge in [-0.05, 0) is 6.07 Å². The topological polar surface area (TPSA) is 66.4 Å². The fourth-order valence-electron chi connectivity index (χ4n) is 1.12. The van der Waals surface area contributed by atoms with Gasteiger partial charge in [0.2, 0.25) is 5.91 Å². The summed E-state index contributed by atoms with van der Waals surface area (Å²) in [5.74, 6) is -1.56. The molecule has 4 nitrogen and oxygen atoms in total. The van der Waals surface area contributed by atoms with Gasteiger partial charge in [0.05, 0.1) is 11.3 Å². The fourth-order valence-corrected chi connectivity index (χ4v) is 1.12. The zero-order valence-corrected chi connectivity index (χ0v) is 9.15. The minimum absolute atomic E-state index is 0.00556. The fraction of sp³-hybridized carbons (Fsp3) is 0.273. The van der Waals surface area contributed by atoms with Gasteiger partial charge in [0.25, 0.3) is 0 Å². The SMILES string of the molecule is [B]c1ccc(NC(=O)C(C)C)c(C(=O)O)c1. The van der Waals surface area contributed by atoms with Crippen molar-refractivity contribution in [3.8, 4) is 0 Å². The van der Waals surface area contributed by atoms with E-state index in [1.54, 1.807) is 19.9 Å². The van der Waals surface area contributed by atoms with Crippen molar-refractivity contribution < 1.29 is 14.7 Å². The number of hydrogen-bond donors (Lipinski definition) is 2. The Kier molecular flexibility index (Phi) is 3.71. The molecule has 1 rings (SSSR count). The molecule has 1 aromatic carbocycles. The van der Waals surface area contributed by atoms with Crippen LogP contribution in [0.2, 0.25) is 0 Å². The molecule has 2 N–H and O–H groups in total. The molecular formula is C11H12BNO3. The molecule has 0 aliphatic rings. The molecule has 0 bridgehead atoms. The summed E-state index contributed by atoms with van der Waals surface area (Å²) >= 11 is 0. The van der Waals surface area contributed by atoms with E-state index in [-0.39, 0.29) is 23.1 Å². The van der Waals surface area contributed by atoms with Crippen molar-refractivity contribution in [2.24, 2.45) is 5.92 Å². The van der Waals surface area contributed by atoms with Crippen LogP contribution in [0.15, 0.2) is 18.2 Å². The smallest absolute Gasteiger partial charge is 0.337 e. The van der Waals surface area contributed by atoms with Gasteiger partial charge in [-0.15, -0.1) is 0 Å². The van der Waals surface area contributed by atoms with Gasteiger partial charge in [-0.25, -0.2) is 4.79 Å². The van der Waals surface area contributed by atoms with Crippen LogP contribution in [0.1, 0.15) is 24.2 Å². The van der Waals surface area contributed by atoms with E-state index in [4.69, 9.17) is 13.0 Å². The highest BCUT2D eigenvalue weighted by Crippen LogP contribution is 2.14. The number of nitrogens with one attached hydrogen (secondary N) is 1. The highest BCUT2D eigenvalue weighted by Gasteiger charge is 2.14. The van der Waals surface area contributed by atoms with Crippen LogP contribution in [0.25, 0.3) is 0 Å². The Morgan fingerprint density at radius 1 is 1.38 bits per heavy atom. The molecule has 0 atom stereocenters. The van der Waals surface area contributed by atoms with Crippen molar-refractivity contribution in [3.63, 3.8) is 0 Å². The molecule has 0 spiro atoms. The van der Waals surface area contributed by atoms with Crippen molar-refractivity contribution in [3.05, 3.63) is 23.8 Å². The van der Waals surface area contributed by atoms with Crippen LogP contribution in [0.5, 0.6) is 0 Å². The van der Waals surface area contributed by atoms with E-state index in [0.717, 1.165) is 0 Å². The third kappa shape index (κ3) is 2.86. The summed E-state index contributed by atoms with van der Waals surface area (Å²) in [5.41, 5.74) is 0.606. The Hall–Kier alpha value is -1.78. The average molecular weight is 217 g/mol. The van der Waals surface area contributed by atoms with Gasteiger partial charge in [0.1, 0.15) is 7.85 Å². The van der Waals surface area contributed by atoms with Gasteiger partial charge in [-0.2, -0.15) is 0 Å². The molecule has 82 valence electrons. The van der Waals surface area contributed by atoms with Crippen LogP contribution in [0.3, 0.4) is 0 Å². The number of carboxylic acid groups (broad SMARTS) is 1. The Labute approximate surface area is 95.1 Å². The summed E-state index contributed by atoms with van der Waals surface area (Å²) in [5, 5.41) is 11.5. The second kappa shape index (κ2) is 4.83. The molecule has 0 aliphatic carbocycles. The van der Waals surface area contributed by atoms with Gasteiger partial charge in [-0.3, -0.25) is 4.79 Å². The predicted molar refractivity (Wildman–Crippen MR) is 62.3 cm³/mol. The van der Waals surface area contributed by atoms with Gasteiger partial charge in [0, 0.05) is 5.92 Å². The maximum atomic E-state index is 11.4. The molecule has 1 amide bonds. The van der Waals surface area contributed by atoms with Crippen LogP contribution in [-0.4, -0.2) is 24.8 Å². The molecule has 2 radical (unpaired) electrons. The Balaban J connectivity index is 3.04. The number of aromatic carboxylic acids is 1. The number of anilines is 1. The summed E-state index contributed by atoms with van der Waals surface area (Å²) in [4.78, 5) is 22.4. The van der Waals surface area contributed by atoms with Gasteiger partial charge < -0.3 is 10.4 Å². The lowest BCUT2D eigenvalue weighted by Gasteiger charge is -2.11. The monoisotopic (exact) mass is 217 g/mol. The van der Waals surface area contributed by atoms with Crippen molar-refractivity contribution in [1.82, 2.24) is 0 Å². The zero-order valence-electron chi connectivity index (χ0n) is 9.15. The molecule has 0 aromatic heterocycles.